The summed E-state index contributed by atoms with van der Waals surface area (Å²) in [5.74, 6) is 2.96. The third-order valence-corrected chi connectivity index (χ3v) is 6.88. The van der Waals surface area contributed by atoms with Gasteiger partial charge in [0.25, 0.3) is 0 Å². The summed E-state index contributed by atoms with van der Waals surface area (Å²) < 4.78 is 2.55. The van der Waals surface area contributed by atoms with Crippen LogP contribution in [0.15, 0.2) is 22.8 Å². The molecule has 4 aliphatic rings. The van der Waals surface area contributed by atoms with E-state index in [4.69, 9.17) is 21.8 Å². The molecule has 122 valence electrons. The molecule has 3 saturated carbocycles. The van der Waals surface area contributed by atoms with Crippen molar-refractivity contribution in [3.8, 4) is 0 Å². The molecule has 3 nitrogen and oxygen atoms in total. The van der Waals surface area contributed by atoms with E-state index in [1.165, 1.54) is 55.7 Å². The average molecular weight is 330 g/mol. The maximum atomic E-state index is 6.30. The maximum Gasteiger partial charge on any atom is 0.143 e. The quantitative estimate of drug-likeness (QED) is 0.795. The molecule has 1 aromatic heterocycles. The minimum absolute atomic E-state index is 0.154. The van der Waals surface area contributed by atoms with E-state index < -0.39 is 0 Å². The fraction of sp³-hybridized carbons (Fsp3) is 0.684. The van der Waals surface area contributed by atoms with Gasteiger partial charge in [-0.25, -0.2) is 0 Å². The van der Waals surface area contributed by atoms with Crippen molar-refractivity contribution in [2.45, 2.75) is 75.7 Å². The highest BCUT2D eigenvalue weighted by molar-refractivity contribution is 6.30. The van der Waals surface area contributed by atoms with E-state index in [0.717, 1.165) is 11.5 Å². The predicted molar refractivity (Wildman–Crippen MR) is 91.6 cm³/mol. The summed E-state index contributed by atoms with van der Waals surface area (Å²) in [6.07, 6.45) is 13.0. The van der Waals surface area contributed by atoms with Crippen molar-refractivity contribution < 1.29 is 0 Å². The van der Waals surface area contributed by atoms with Crippen LogP contribution in [0, 0.1) is 5.92 Å². The second-order valence-electron chi connectivity index (χ2n) is 8.44. The Bertz CT molecular complexity index is 730. The van der Waals surface area contributed by atoms with Crippen molar-refractivity contribution >= 4 is 11.6 Å². The van der Waals surface area contributed by atoms with Gasteiger partial charge in [-0.1, -0.05) is 37.1 Å². The molecule has 0 spiro atoms. The molecule has 1 unspecified atom stereocenters. The monoisotopic (exact) mass is 329 g/mol. The third kappa shape index (κ3) is 2.08. The van der Waals surface area contributed by atoms with E-state index in [0.29, 0.717) is 17.4 Å². The predicted octanol–water partition coefficient (Wildman–Crippen LogP) is 4.79. The van der Waals surface area contributed by atoms with Crippen molar-refractivity contribution in [1.82, 2.24) is 14.8 Å². The van der Waals surface area contributed by atoms with Crippen LogP contribution in [-0.2, 0) is 10.8 Å². The largest absolute Gasteiger partial charge is 0.311 e. The lowest BCUT2D eigenvalue weighted by Crippen LogP contribution is -2.22. The van der Waals surface area contributed by atoms with E-state index in [2.05, 4.69) is 30.6 Å². The molecule has 4 heteroatoms. The molecule has 1 aromatic rings. The Morgan fingerprint density at radius 1 is 1.09 bits per heavy atom. The highest BCUT2D eigenvalue weighted by Crippen LogP contribution is 2.59. The summed E-state index contributed by atoms with van der Waals surface area (Å²) in [5, 5.41) is 10.4. The van der Waals surface area contributed by atoms with Gasteiger partial charge < -0.3 is 4.57 Å². The van der Waals surface area contributed by atoms with E-state index in [1.807, 2.05) is 0 Å². The third-order valence-electron chi connectivity index (χ3n) is 6.38. The minimum atomic E-state index is 0.154. The zero-order valence-corrected chi connectivity index (χ0v) is 14.7. The Labute approximate surface area is 142 Å². The average Bonchev–Trinajstić information content (AvgIpc) is 3.41. The first-order chi connectivity index (χ1) is 11.0. The summed E-state index contributed by atoms with van der Waals surface area (Å²) >= 11 is 6.30. The molecule has 1 heterocycles. The first-order valence-electron chi connectivity index (χ1n) is 9.06. The second kappa shape index (κ2) is 4.50. The summed E-state index contributed by atoms with van der Waals surface area (Å²) in [6, 6.07) is 0.658. The van der Waals surface area contributed by atoms with Crippen LogP contribution >= 0.6 is 11.6 Å². The van der Waals surface area contributed by atoms with Crippen molar-refractivity contribution in [3.05, 3.63) is 34.4 Å². The number of hydrogen-bond acceptors (Lipinski definition) is 2. The Morgan fingerprint density at radius 3 is 2.35 bits per heavy atom. The first-order valence-corrected chi connectivity index (χ1v) is 9.44. The number of rotatable bonds is 4. The van der Waals surface area contributed by atoms with Gasteiger partial charge in [-0.05, 0) is 56.9 Å². The van der Waals surface area contributed by atoms with Crippen LogP contribution in [0.4, 0.5) is 0 Å². The Balaban J connectivity index is 1.59. The molecule has 1 atom stereocenters. The fourth-order valence-corrected chi connectivity index (χ4v) is 4.27. The Morgan fingerprint density at radius 2 is 1.78 bits per heavy atom. The van der Waals surface area contributed by atoms with Gasteiger partial charge in [-0.2, -0.15) is 0 Å². The molecule has 0 radical (unpaired) electrons. The summed E-state index contributed by atoms with van der Waals surface area (Å²) in [7, 11) is 0. The van der Waals surface area contributed by atoms with Crippen LogP contribution < -0.4 is 0 Å². The highest BCUT2D eigenvalue weighted by Gasteiger charge is 2.55. The fourth-order valence-electron chi connectivity index (χ4n) is 4.13. The SMILES string of the molecule is CC1CC(C2(c3nnc(C4(C)CC4)n3C3CC3)CC2)=CC=C1Cl. The van der Waals surface area contributed by atoms with E-state index >= 15 is 0 Å². The zero-order chi connectivity index (χ0) is 15.8. The Kier molecular flexibility index (Phi) is 2.79. The van der Waals surface area contributed by atoms with Crippen LogP contribution in [0.5, 0.6) is 0 Å². The first kappa shape index (κ1) is 14.3. The topological polar surface area (TPSA) is 30.7 Å². The summed E-state index contributed by atoms with van der Waals surface area (Å²) in [5.41, 5.74) is 1.97. The van der Waals surface area contributed by atoms with Crippen molar-refractivity contribution in [2.24, 2.45) is 5.92 Å². The lowest BCUT2D eigenvalue weighted by atomic mass is 9.84. The lowest BCUT2D eigenvalue weighted by Gasteiger charge is -2.26. The number of nitrogens with zero attached hydrogens (tertiary/aromatic N) is 3. The molecule has 0 bridgehead atoms. The van der Waals surface area contributed by atoms with Gasteiger partial charge in [-0.15, -0.1) is 10.2 Å². The van der Waals surface area contributed by atoms with Crippen molar-refractivity contribution in [3.63, 3.8) is 0 Å². The number of halogens is 1. The molecule has 0 aliphatic heterocycles. The van der Waals surface area contributed by atoms with E-state index in [9.17, 15) is 0 Å². The molecule has 0 N–H and O–H groups in total. The van der Waals surface area contributed by atoms with Gasteiger partial charge in [0, 0.05) is 16.5 Å². The Hall–Kier alpha value is -1.09. The van der Waals surface area contributed by atoms with Crippen LogP contribution in [0.3, 0.4) is 0 Å². The van der Waals surface area contributed by atoms with Crippen LogP contribution in [-0.4, -0.2) is 14.8 Å². The molecule has 3 fully saturated rings. The molecule has 0 saturated heterocycles. The normalized spacial score (nSPS) is 30.7. The van der Waals surface area contributed by atoms with Crippen molar-refractivity contribution in [2.75, 3.05) is 0 Å². The van der Waals surface area contributed by atoms with Gasteiger partial charge in [0.15, 0.2) is 0 Å². The number of hydrogen-bond donors (Lipinski definition) is 0. The highest BCUT2D eigenvalue weighted by atomic mass is 35.5. The standard InChI is InChI=1S/C19H24ClN3/c1-12-11-13(3-6-15(12)20)19(9-10-19)17-22-21-16(18(2)7-8-18)23(17)14-4-5-14/h3,6,12,14H,4-5,7-11H2,1-2H3. The van der Waals surface area contributed by atoms with E-state index in [1.54, 1.807) is 0 Å². The lowest BCUT2D eigenvalue weighted by molar-refractivity contribution is 0.545. The molecule has 23 heavy (non-hydrogen) atoms. The summed E-state index contributed by atoms with van der Waals surface area (Å²) in [4.78, 5) is 0. The number of allylic oxidation sites excluding steroid dienone is 4. The molecule has 0 amide bonds. The van der Waals surface area contributed by atoms with Gasteiger partial charge >= 0.3 is 0 Å². The number of aromatic nitrogens is 3. The smallest absolute Gasteiger partial charge is 0.143 e. The molecule has 5 rings (SSSR count). The van der Waals surface area contributed by atoms with Crippen LogP contribution in [0.25, 0.3) is 0 Å². The van der Waals surface area contributed by atoms with Crippen LogP contribution in [0.1, 0.15) is 76.5 Å². The minimum Gasteiger partial charge on any atom is -0.311 e. The van der Waals surface area contributed by atoms with Gasteiger partial charge in [0.2, 0.25) is 0 Å². The molecular formula is C19H24ClN3. The van der Waals surface area contributed by atoms with Crippen molar-refractivity contribution in [1.29, 1.82) is 0 Å². The van der Waals surface area contributed by atoms with Crippen LogP contribution in [0.2, 0.25) is 0 Å². The van der Waals surface area contributed by atoms with Gasteiger partial charge in [0.05, 0.1) is 5.41 Å². The summed E-state index contributed by atoms with van der Waals surface area (Å²) in [6.45, 7) is 4.58. The second-order valence-corrected chi connectivity index (χ2v) is 8.88. The molecule has 4 aliphatic carbocycles. The molecular weight excluding hydrogens is 306 g/mol. The molecule has 0 aromatic carbocycles. The van der Waals surface area contributed by atoms with Gasteiger partial charge in [-0.3, -0.25) is 0 Å². The maximum absolute atomic E-state index is 6.30. The zero-order valence-electron chi connectivity index (χ0n) is 14.0. The van der Waals surface area contributed by atoms with Gasteiger partial charge in [0.1, 0.15) is 11.6 Å². The van der Waals surface area contributed by atoms with E-state index in [-0.39, 0.29) is 5.41 Å².